The number of nitrogens with two attached hydrogens (primary N) is 1. The van der Waals surface area contributed by atoms with Crippen LogP contribution in [-0.2, 0) is 6.42 Å². The molecule has 0 spiro atoms. The molecule has 1 aromatic carbocycles. The van der Waals surface area contributed by atoms with Gasteiger partial charge in [-0.3, -0.25) is 4.79 Å². The van der Waals surface area contributed by atoms with Gasteiger partial charge >= 0.3 is 0 Å². The lowest BCUT2D eigenvalue weighted by Crippen LogP contribution is -2.11. The second-order valence-corrected chi connectivity index (χ2v) is 3.79. The third kappa shape index (κ3) is 3.69. The SMILES string of the molecule is CC.CCc1cc(C(N)=O)ccc1C(C)C. The lowest BCUT2D eigenvalue weighted by Gasteiger charge is -2.12. The van der Waals surface area contributed by atoms with Crippen LogP contribution in [0.3, 0.4) is 0 Å². The molecule has 0 heterocycles. The van der Waals surface area contributed by atoms with Crippen LogP contribution in [0.25, 0.3) is 0 Å². The number of benzene rings is 1. The average molecular weight is 221 g/mol. The van der Waals surface area contributed by atoms with Gasteiger partial charge in [0.2, 0.25) is 5.91 Å². The summed E-state index contributed by atoms with van der Waals surface area (Å²) in [4.78, 5) is 11.0. The molecule has 0 radical (unpaired) electrons. The van der Waals surface area contributed by atoms with E-state index in [-0.39, 0.29) is 5.91 Å². The monoisotopic (exact) mass is 221 g/mol. The third-order valence-electron chi connectivity index (χ3n) is 2.43. The molecule has 0 aliphatic heterocycles. The summed E-state index contributed by atoms with van der Waals surface area (Å²) in [5.74, 6) is 0.141. The number of hydrogen-bond acceptors (Lipinski definition) is 1. The number of primary amides is 1. The summed E-state index contributed by atoms with van der Waals surface area (Å²) in [5.41, 5.74) is 8.35. The van der Waals surface area contributed by atoms with Crippen LogP contribution in [0.5, 0.6) is 0 Å². The van der Waals surface area contributed by atoms with Gasteiger partial charge in [-0.1, -0.05) is 40.7 Å². The number of amides is 1. The predicted molar refractivity (Wildman–Crippen MR) is 69.8 cm³/mol. The van der Waals surface area contributed by atoms with Crippen molar-refractivity contribution in [2.75, 3.05) is 0 Å². The van der Waals surface area contributed by atoms with E-state index in [4.69, 9.17) is 5.73 Å². The molecule has 0 unspecified atom stereocenters. The normalized spacial score (nSPS) is 9.62. The van der Waals surface area contributed by atoms with Gasteiger partial charge in [0.25, 0.3) is 0 Å². The van der Waals surface area contributed by atoms with Gasteiger partial charge in [0.15, 0.2) is 0 Å². The molecule has 2 N–H and O–H groups in total. The second-order valence-electron chi connectivity index (χ2n) is 3.79. The molecule has 0 saturated heterocycles. The van der Waals surface area contributed by atoms with Crippen molar-refractivity contribution >= 4 is 5.91 Å². The van der Waals surface area contributed by atoms with E-state index >= 15 is 0 Å². The van der Waals surface area contributed by atoms with Gasteiger partial charge in [-0.25, -0.2) is 0 Å². The van der Waals surface area contributed by atoms with Crippen molar-refractivity contribution in [3.8, 4) is 0 Å². The van der Waals surface area contributed by atoms with Gasteiger partial charge in [0, 0.05) is 5.56 Å². The van der Waals surface area contributed by atoms with E-state index in [1.165, 1.54) is 11.1 Å². The Kier molecular flexibility index (Phi) is 6.47. The molecule has 16 heavy (non-hydrogen) atoms. The van der Waals surface area contributed by atoms with E-state index in [0.717, 1.165) is 6.42 Å². The molecule has 1 amide bonds. The number of rotatable bonds is 3. The fourth-order valence-corrected chi connectivity index (χ4v) is 1.63. The maximum absolute atomic E-state index is 11.0. The summed E-state index contributed by atoms with van der Waals surface area (Å²) < 4.78 is 0. The van der Waals surface area contributed by atoms with E-state index in [0.29, 0.717) is 11.5 Å². The van der Waals surface area contributed by atoms with Crippen LogP contribution in [0.15, 0.2) is 18.2 Å². The summed E-state index contributed by atoms with van der Waals surface area (Å²) >= 11 is 0. The first-order chi connectivity index (χ1) is 7.56. The second kappa shape index (κ2) is 7.04. The van der Waals surface area contributed by atoms with Crippen LogP contribution < -0.4 is 5.73 Å². The van der Waals surface area contributed by atoms with Crippen LogP contribution in [0.1, 0.15) is 62.0 Å². The zero-order valence-electron chi connectivity index (χ0n) is 11.0. The van der Waals surface area contributed by atoms with E-state index in [1.807, 2.05) is 26.0 Å². The summed E-state index contributed by atoms with van der Waals surface area (Å²) in [5, 5.41) is 0. The molecule has 1 rings (SSSR count). The predicted octanol–water partition coefficient (Wildman–Crippen LogP) is 3.50. The van der Waals surface area contributed by atoms with Gasteiger partial charge < -0.3 is 5.73 Å². The van der Waals surface area contributed by atoms with Crippen LogP contribution in [0, 0.1) is 0 Å². The molecule has 1 aromatic rings. The average Bonchev–Trinajstić information content (AvgIpc) is 2.30. The van der Waals surface area contributed by atoms with Crippen molar-refractivity contribution in [2.45, 2.75) is 47.0 Å². The Labute approximate surface area is 98.9 Å². The lowest BCUT2D eigenvalue weighted by molar-refractivity contribution is 0.1000. The molecule has 0 atom stereocenters. The summed E-state index contributed by atoms with van der Waals surface area (Å²) in [6.45, 7) is 10.4. The molecular weight excluding hydrogens is 198 g/mol. The number of aryl methyl sites for hydroxylation is 1. The minimum atomic E-state index is -0.352. The zero-order chi connectivity index (χ0) is 12.7. The fraction of sp³-hybridized carbons (Fsp3) is 0.500. The Balaban J connectivity index is 0.00000106. The Morgan fingerprint density at radius 1 is 1.31 bits per heavy atom. The van der Waals surface area contributed by atoms with Gasteiger partial charge in [0.05, 0.1) is 0 Å². The highest BCUT2D eigenvalue weighted by Crippen LogP contribution is 2.21. The lowest BCUT2D eigenvalue weighted by atomic mass is 9.94. The maximum atomic E-state index is 11.0. The Bertz CT molecular complexity index is 343. The topological polar surface area (TPSA) is 43.1 Å². The molecule has 0 aromatic heterocycles. The van der Waals surface area contributed by atoms with Crippen LogP contribution in [-0.4, -0.2) is 5.91 Å². The van der Waals surface area contributed by atoms with Crippen LogP contribution in [0.2, 0.25) is 0 Å². The molecule has 0 aliphatic rings. The smallest absolute Gasteiger partial charge is 0.248 e. The molecule has 0 fully saturated rings. The minimum absolute atomic E-state index is 0.352. The first-order valence-electron chi connectivity index (χ1n) is 5.98. The summed E-state index contributed by atoms with van der Waals surface area (Å²) in [6, 6.07) is 5.71. The molecule has 0 bridgehead atoms. The van der Waals surface area contributed by atoms with Crippen molar-refractivity contribution in [3.05, 3.63) is 34.9 Å². The zero-order valence-corrected chi connectivity index (χ0v) is 11.0. The molecule has 2 nitrogen and oxygen atoms in total. The Morgan fingerprint density at radius 2 is 1.88 bits per heavy atom. The minimum Gasteiger partial charge on any atom is -0.366 e. The largest absolute Gasteiger partial charge is 0.366 e. The van der Waals surface area contributed by atoms with Crippen LogP contribution >= 0.6 is 0 Å². The van der Waals surface area contributed by atoms with Gasteiger partial charge in [-0.05, 0) is 35.6 Å². The Morgan fingerprint density at radius 3 is 2.25 bits per heavy atom. The van der Waals surface area contributed by atoms with Gasteiger partial charge in [0.1, 0.15) is 0 Å². The molecule has 2 heteroatoms. The third-order valence-corrected chi connectivity index (χ3v) is 2.43. The molecule has 0 aliphatic carbocycles. The van der Waals surface area contributed by atoms with Crippen molar-refractivity contribution in [3.63, 3.8) is 0 Å². The Hall–Kier alpha value is -1.31. The first kappa shape index (κ1) is 14.7. The van der Waals surface area contributed by atoms with E-state index < -0.39 is 0 Å². The highest BCUT2D eigenvalue weighted by Gasteiger charge is 2.08. The maximum Gasteiger partial charge on any atom is 0.248 e. The standard InChI is InChI=1S/C12H17NO.C2H6/c1-4-9-7-10(12(13)14)5-6-11(9)8(2)3;1-2/h5-8H,4H2,1-3H3,(H2,13,14);1-2H3. The fourth-order valence-electron chi connectivity index (χ4n) is 1.63. The highest BCUT2D eigenvalue weighted by molar-refractivity contribution is 5.93. The van der Waals surface area contributed by atoms with E-state index in [2.05, 4.69) is 20.8 Å². The van der Waals surface area contributed by atoms with Crippen LogP contribution in [0.4, 0.5) is 0 Å². The van der Waals surface area contributed by atoms with Crippen molar-refractivity contribution in [2.24, 2.45) is 5.73 Å². The summed E-state index contributed by atoms with van der Waals surface area (Å²) in [7, 11) is 0. The van der Waals surface area contributed by atoms with Crippen molar-refractivity contribution < 1.29 is 4.79 Å². The molecular formula is C14H23NO. The highest BCUT2D eigenvalue weighted by atomic mass is 16.1. The van der Waals surface area contributed by atoms with Gasteiger partial charge in [-0.2, -0.15) is 0 Å². The molecule has 0 saturated carbocycles. The number of carbonyl (C=O) groups excluding carboxylic acids is 1. The van der Waals surface area contributed by atoms with E-state index in [9.17, 15) is 4.79 Å². The summed E-state index contributed by atoms with van der Waals surface area (Å²) in [6.07, 6.45) is 0.939. The first-order valence-corrected chi connectivity index (χ1v) is 5.98. The molecule has 90 valence electrons. The number of hydrogen-bond donors (Lipinski definition) is 1. The number of carbonyl (C=O) groups is 1. The van der Waals surface area contributed by atoms with Crippen molar-refractivity contribution in [1.82, 2.24) is 0 Å². The van der Waals surface area contributed by atoms with Crippen molar-refractivity contribution in [1.29, 1.82) is 0 Å². The van der Waals surface area contributed by atoms with E-state index in [1.54, 1.807) is 6.07 Å². The van der Waals surface area contributed by atoms with Gasteiger partial charge in [-0.15, -0.1) is 0 Å². The quantitative estimate of drug-likeness (QED) is 0.834.